The third-order valence-corrected chi connectivity index (χ3v) is 3.25. The third kappa shape index (κ3) is 5.03. The molecule has 3 nitrogen and oxygen atoms in total. The van der Waals surface area contributed by atoms with Crippen LogP contribution in [0, 0.1) is 0 Å². The van der Waals surface area contributed by atoms with Crippen LogP contribution < -0.4 is 15.2 Å². The number of nitrogens with two attached hydrogens (primary N) is 1. The summed E-state index contributed by atoms with van der Waals surface area (Å²) in [4.78, 5) is 0. The largest absolute Gasteiger partial charge is 0.493 e. The lowest BCUT2D eigenvalue weighted by atomic mass is 10.0. The minimum Gasteiger partial charge on any atom is -0.493 e. The molecule has 112 valence electrons. The Kier molecular flexibility index (Phi) is 5.50. The zero-order valence-electron chi connectivity index (χ0n) is 12.7. The zero-order valence-corrected chi connectivity index (χ0v) is 12.7. The second-order valence-electron chi connectivity index (χ2n) is 5.34. The predicted molar refractivity (Wildman–Crippen MR) is 87.0 cm³/mol. The summed E-state index contributed by atoms with van der Waals surface area (Å²) in [6, 6.07) is 15.7. The van der Waals surface area contributed by atoms with E-state index >= 15 is 0 Å². The standard InChI is InChI=1S/C18H23NO2/c1-14(2)15-4-8-17(9-5-15)20-12-3-13-21-18-10-6-16(19)7-11-18/h4-11,14H,3,12-13,19H2,1-2H3. The molecule has 0 radical (unpaired) electrons. The van der Waals surface area contributed by atoms with Gasteiger partial charge >= 0.3 is 0 Å². The van der Waals surface area contributed by atoms with Crippen molar-refractivity contribution in [3.05, 3.63) is 54.1 Å². The van der Waals surface area contributed by atoms with Gasteiger partial charge in [0.05, 0.1) is 13.2 Å². The molecule has 0 heterocycles. The monoisotopic (exact) mass is 285 g/mol. The second kappa shape index (κ2) is 7.58. The van der Waals surface area contributed by atoms with Gasteiger partial charge in [-0.2, -0.15) is 0 Å². The summed E-state index contributed by atoms with van der Waals surface area (Å²) in [7, 11) is 0. The van der Waals surface area contributed by atoms with Crippen molar-refractivity contribution in [3.63, 3.8) is 0 Å². The summed E-state index contributed by atoms with van der Waals surface area (Å²) in [5, 5.41) is 0. The molecular formula is C18H23NO2. The van der Waals surface area contributed by atoms with E-state index in [2.05, 4.69) is 26.0 Å². The van der Waals surface area contributed by atoms with Crippen molar-refractivity contribution in [1.82, 2.24) is 0 Å². The average Bonchev–Trinajstić information content (AvgIpc) is 2.49. The van der Waals surface area contributed by atoms with Crippen LogP contribution in [0.15, 0.2) is 48.5 Å². The first-order valence-corrected chi connectivity index (χ1v) is 7.36. The summed E-state index contributed by atoms with van der Waals surface area (Å²) in [5.74, 6) is 2.30. The molecule has 0 aromatic heterocycles. The maximum atomic E-state index is 5.70. The van der Waals surface area contributed by atoms with Crippen LogP contribution >= 0.6 is 0 Å². The first kappa shape index (κ1) is 15.2. The van der Waals surface area contributed by atoms with E-state index in [-0.39, 0.29) is 0 Å². The zero-order chi connectivity index (χ0) is 15.1. The smallest absolute Gasteiger partial charge is 0.119 e. The molecular weight excluding hydrogens is 262 g/mol. The molecule has 3 heteroatoms. The number of benzene rings is 2. The molecule has 0 atom stereocenters. The lowest BCUT2D eigenvalue weighted by Crippen LogP contribution is -2.05. The summed E-state index contributed by atoms with van der Waals surface area (Å²) in [6.45, 7) is 5.65. The second-order valence-corrected chi connectivity index (χ2v) is 5.34. The Morgan fingerprint density at radius 2 is 1.29 bits per heavy atom. The molecule has 2 aromatic rings. The van der Waals surface area contributed by atoms with Gasteiger partial charge in [0, 0.05) is 12.1 Å². The van der Waals surface area contributed by atoms with Gasteiger partial charge in [-0.3, -0.25) is 0 Å². The van der Waals surface area contributed by atoms with E-state index in [1.54, 1.807) is 0 Å². The van der Waals surface area contributed by atoms with Crippen LogP contribution in [0.25, 0.3) is 0 Å². The van der Waals surface area contributed by atoms with Gasteiger partial charge in [-0.25, -0.2) is 0 Å². The van der Waals surface area contributed by atoms with E-state index in [1.807, 2.05) is 36.4 Å². The Morgan fingerprint density at radius 3 is 1.76 bits per heavy atom. The van der Waals surface area contributed by atoms with Gasteiger partial charge in [0.25, 0.3) is 0 Å². The Balaban J connectivity index is 1.66. The topological polar surface area (TPSA) is 44.5 Å². The van der Waals surface area contributed by atoms with Crippen LogP contribution in [-0.4, -0.2) is 13.2 Å². The fraction of sp³-hybridized carbons (Fsp3) is 0.333. The van der Waals surface area contributed by atoms with Crippen LogP contribution in [0.1, 0.15) is 31.7 Å². The van der Waals surface area contributed by atoms with E-state index in [0.717, 1.165) is 23.6 Å². The van der Waals surface area contributed by atoms with E-state index in [9.17, 15) is 0 Å². The SMILES string of the molecule is CC(C)c1ccc(OCCCOc2ccc(N)cc2)cc1. The van der Waals surface area contributed by atoms with Gasteiger partial charge in [0.15, 0.2) is 0 Å². The molecule has 0 aliphatic heterocycles. The van der Waals surface area contributed by atoms with E-state index in [4.69, 9.17) is 15.2 Å². The molecule has 0 aliphatic carbocycles. The van der Waals surface area contributed by atoms with Crippen molar-refractivity contribution in [3.8, 4) is 11.5 Å². The van der Waals surface area contributed by atoms with Crippen LogP contribution in [0.5, 0.6) is 11.5 Å². The molecule has 0 aliphatic rings. The first-order chi connectivity index (χ1) is 10.1. The lowest BCUT2D eigenvalue weighted by molar-refractivity contribution is 0.247. The fourth-order valence-corrected chi connectivity index (χ4v) is 1.95. The Morgan fingerprint density at radius 1 is 0.810 bits per heavy atom. The number of nitrogen functional groups attached to an aromatic ring is 1. The van der Waals surface area contributed by atoms with E-state index in [1.165, 1.54) is 5.56 Å². The molecule has 2 aromatic carbocycles. The Hall–Kier alpha value is -2.16. The highest BCUT2D eigenvalue weighted by atomic mass is 16.5. The molecule has 2 rings (SSSR count). The van der Waals surface area contributed by atoms with Crippen molar-refractivity contribution in [2.45, 2.75) is 26.2 Å². The molecule has 0 spiro atoms. The average molecular weight is 285 g/mol. The van der Waals surface area contributed by atoms with Gasteiger partial charge in [-0.05, 0) is 47.9 Å². The number of rotatable bonds is 7. The van der Waals surface area contributed by atoms with Crippen molar-refractivity contribution in [1.29, 1.82) is 0 Å². The highest BCUT2D eigenvalue weighted by Gasteiger charge is 1.99. The van der Waals surface area contributed by atoms with E-state index < -0.39 is 0 Å². The van der Waals surface area contributed by atoms with Crippen molar-refractivity contribution in [2.75, 3.05) is 18.9 Å². The van der Waals surface area contributed by atoms with E-state index in [0.29, 0.717) is 19.1 Å². The van der Waals surface area contributed by atoms with Gasteiger partial charge in [0.2, 0.25) is 0 Å². The summed E-state index contributed by atoms with van der Waals surface area (Å²) in [6.07, 6.45) is 0.844. The van der Waals surface area contributed by atoms with Gasteiger partial charge in [-0.1, -0.05) is 26.0 Å². The van der Waals surface area contributed by atoms with Crippen molar-refractivity contribution in [2.24, 2.45) is 0 Å². The van der Waals surface area contributed by atoms with Gasteiger partial charge < -0.3 is 15.2 Å². The fourth-order valence-electron chi connectivity index (χ4n) is 1.95. The minimum absolute atomic E-state index is 0.548. The predicted octanol–water partition coefficient (Wildman–Crippen LogP) is 4.24. The summed E-state index contributed by atoms with van der Waals surface area (Å²) >= 11 is 0. The lowest BCUT2D eigenvalue weighted by Gasteiger charge is -2.10. The van der Waals surface area contributed by atoms with Crippen LogP contribution in [0.4, 0.5) is 5.69 Å². The first-order valence-electron chi connectivity index (χ1n) is 7.36. The molecule has 0 unspecified atom stereocenters. The number of hydrogen-bond acceptors (Lipinski definition) is 3. The maximum Gasteiger partial charge on any atom is 0.119 e. The highest BCUT2D eigenvalue weighted by molar-refractivity contribution is 5.41. The third-order valence-electron chi connectivity index (χ3n) is 3.25. The molecule has 0 fully saturated rings. The maximum absolute atomic E-state index is 5.70. The highest BCUT2D eigenvalue weighted by Crippen LogP contribution is 2.18. The van der Waals surface area contributed by atoms with Crippen molar-refractivity contribution < 1.29 is 9.47 Å². The number of ether oxygens (including phenoxy) is 2. The molecule has 0 bridgehead atoms. The quantitative estimate of drug-likeness (QED) is 0.611. The van der Waals surface area contributed by atoms with Crippen LogP contribution in [0.2, 0.25) is 0 Å². The van der Waals surface area contributed by atoms with Crippen LogP contribution in [0.3, 0.4) is 0 Å². The molecule has 0 saturated heterocycles. The number of hydrogen-bond donors (Lipinski definition) is 1. The Bertz CT molecular complexity index is 532. The molecule has 0 amide bonds. The molecule has 21 heavy (non-hydrogen) atoms. The molecule has 0 saturated carbocycles. The minimum atomic E-state index is 0.548. The Labute approximate surface area is 126 Å². The van der Waals surface area contributed by atoms with Crippen LogP contribution in [-0.2, 0) is 0 Å². The number of anilines is 1. The van der Waals surface area contributed by atoms with Gasteiger partial charge in [-0.15, -0.1) is 0 Å². The summed E-state index contributed by atoms with van der Waals surface area (Å²) < 4.78 is 11.3. The molecule has 2 N–H and O–H groups in total. The van der Waals surface area contributed by atoms with Crippen molar-refractivity contribution >= 4 is 5.69 Å². The summed E-state index contributed by atoms with van der Waals surface area (Å²) in [5.41, 5.74) is 7.69. The normalized spacial score (nSPS) is 10.6. The van der Waals surface area contributed by atoms with Gasteiger partial charge in [0.1, 0.15) is 11.5 Å².